The number of benzene rings is 2. The van der Waals surface area contributed by atoms with Crippen LogP contribution in [0.2, 0.25) is 0 Å². The van der Waals surface area contributed by atoms with Crippen LogP contribution in [-0.2, 0) is 9.59 Å². The molecule has 2 aromatic rings. The van der Waals surface area contributed by atoms with Crippen molar-refractivity contribution >= 4 is 55.0 Å². The lowest BCUT2D eigenvalue weighted by atomic mass is 9.95. The van der Waals surface area contributed by atoms with Crippen LogP contribution in [0.1, 0.15) is 28.8 Å². The van der Waals surface area contributed by atoms with Crippen molar-refractivity contribution in [2.75, 3.05) is 0 Å². The molecule has 26 heavy (non-hydrogen) atoms. The predicted molar refractivity (Wildman–Crippen MR) is 105 cm³/mol. The summed E-state index contributed by atoms with van der Waals surface area (Å²) >= 11 is 6.60. The molecule has 1 N–H and O–H groups in total. The van der Waals surface area contributed by atoms with Crippen LogP contribution in [0.4, 0.5) is 0 Å². The topological polar surface area (TPSA) is 71.4 Å². The van der Waals surface area contributed by atoms with Crippen LogP contribution in [-0.4, -0.2) is 22.5 Å². The Labute approximate surface area is 167 Å². The van der Waals surface area contributed by atoms with E-state index in [0.717, 1.165) is 8.95 Å². The summed E-state index contributed by atoms with van der Waals surface area (Å²) in [7, 11) is 0. The number of carbonyl (C=O) groups excluding carboxylic acids is 3. The highest BCUT2D eigenvalue weighted by Crippen LogP contribution is 2.32. The van der Waals surface area contributed by atoms with Crippen LogP contribution in [0.3, 0.4) is 0 Å². The molecule has 1 fully saturated rings. The summed E-state index contributed by atoms with van der Waals surface area (Å²) in [5, 5.41) is 10.4. The first-order valence-corrected chi connectivity index (χ1v) is 9.50. The fourth-order valence-electron chi connectivity index (χ4n) is 2.90. The number of aliphatic hydroxyl groups excluding tert-OH is 1. The zero-order valence-electron chi connectivity index (χ0n) is 13.5. The van der Waals surface area contributed by atoms with Crippen molar-refractivity contribution in [1.29, 1.82) is 0 Å². The van der Waals surface area contributed by atoms with Gasteiger partial charge in [0, 0.05) is 38.8 Å². The van der Waals surface area contributed by atoms with Gasteiger partial charge in [-0.3, -0.25) is 14.4 Å². The molecule has 0 bridgehead atoms. The van der Waals surface area contributed by atoms with Crippen LogP contribution in [0, 0.1) is 5.92 Å². The number of aliphatic hydroxyl groups is 1. The van der Waals surface area contributed by atoms with Gasteiger partial charge in [0.25, 0.3) is 0 Å². The van der Waals surface area contributed by atoms with Crippen LogP contribution >= 0.6 is 31.9 Å². The normalized spacial score (nSPS) is 18.9. The Balaban J connectivity index is 1.82. The Morgan fingerprint density at radius 3 is 1.96 bits per heavy atom. The number of hydrogen-bond acceptors (Lipinski definition) is 4. The summed E-state index contributed by atoms with van der Waals surface area (Å²) in [6.45, 7) is 0. The van der Waals surface area contributed by atoms with Crippen molar-refractivity contribution in [3.63, 3.8) is 0 Å². The summed E-state index contributed by atoms with van der Waals surface area (Å²) in [5.74, 6) is -2.16. The molecule has 0 radical (unpaired) electrons. The SMILES string of the molecule is O=C1CC(CC(=O)c2ccc(Br)cc2)C(=O)/C1=C(/O)c1ccc(Br)cc1. The molecule has 132 valence electrons. The molecule has 3 rings (SSSR count). The third-order valence-electron chi connectivity index (χ3n) is 4.28. The lowest BCUT2D eigenvalue weighted by molar-refractivity contribution is -0.118. The maximum Gasteiger partial charge on any atom is 0.174 e. The van der Waals surface area contributed by atoms with E-state index >= 15 is 0 Å². The van der Waals surface area contributed by atoms with E-state index < -0.39 is 17.5 Å². The number of hydrogen-bond donors (Lipinski definition) is 1. The number of carbonyl (C=O) groups is 3. The zero-order valence-corrected chi connectivity index (χ0v) is 16.7. The fraction of sp³-hybridized carbons (Fsp3) is 0.150. The first-order chi connectivity index (χ1) is 12.4. The molecular weight excluding hydrogens is 464 g/mol. The van der Waals surface area contributed by atoms with Crippen molar-refractivity contribution in [2.45, 2.75) is 12.8 Å². The molecule has 0 spiro atoms. The van der Waals surface area contributed by atoms with Crippen molar-refractivity contribution < 1.29 is 19.5 Å². The number of rotatable bonds is 4. The molecule has 0 aromatic heterocycles. The van der Waals surface area contributed by atoms with Crippen molar-refractivity contribution in [3.8, 4) is 0 Å². The second-order valence-corrected chi connectivity index (χ2v) is 7.88. The van der Waals surface area contributed by atoms with Gasteiger partial charge in [0.2, 0.25) is 0 Å². The maximum atomic E-state index is 12.6. The first-order valence-electron chi connectivity index (χ1n) is 7.92. The lowest BCUT2D eigenvalue weighted by Crippen LogP contribution is -2.14. The summed E-state index contributed by atoms with van der Waals surface area (Å²) in [4.78, 5) is 37.3. The van der Waals surface area contributed by atoms with Gasteiger partial charge in [0.05, 0.1) is 0 Å². The third kappa shape index (κ3) is 3.86. The molecule has 1 unspecified atom stereocenters. The summed E-state index contributed by atoms with van der Waals surface area (Å²) in [6, 6.07) is 13.5. The number of Topliss-reactive ketones (excluding diaryl/α,β-unsaturated/α-hetero) is 3. The van der Waals surface area contributed by atoms with Gasteiger partial charge in [-0.25, -0.2) is 0 Å². The summed E-state index contributed by atoms with van der Waals surface area (Å²) in [6.07, 6.45) is -0.111. The zero-order chi connectivity index (χ0) is 18.8. The minimum absolute atomic E-state index is 0.0523. The molecule has 4 nitrogen and oxygen atoms in total. The van der Waals surface area contributed by atoms with Crippen molar-refractivity contribution in [3.05, 3.63) is 74.2 Å². The standard InChI is InChI=1S/C20H14Br2O4/c21-14-5-1-11(2-6-14)16(23)9-13-10-17(24)18(20(13)26)19(25)12-3-7-15(22)8-4-12/h1-8,13,25H,9-10H2/b19-18+. The summed E-state index contributed by atoms with van der Waals surface area (Å²) < 4.78 is 1.67. The first kappa shape index (κ1) is 18.7. The second-order valence-electron chi connectivity index (χ2n) is 6.05. The van der Waals surface area contributed by atoms with E-state index in [2.05, 4.69) is 31.9 Å². The molecule has 0 heterocycles. The highest BCUT2D eigenvalue weighted by molar-refractivity contribution is 9.10. The van der Waals surface area contributed by atoms with Crippen LogP contribution in [0.25, 0.3) is 5.76 Å². The lowest BCUT2D eigenvalue weighted by Gasteiger charge is -2.07. The van der Waals surface area contributed by atoms with Gasteiger partial charge in [0.1, 0.15) is 11.3 Å². The minimum atomic E-state index is -0.730. The molecule has 0 saturated heterocycles. The van der Waals surface area contributed by atoms with E-state index in [-0.39, 0.29) is 30.0 Å². The Kier molecular flexibility index (Phi) is 5.53. The number of halogens is 2. The van der Waals surface area contributed by atoms with E-state index in [1.807, 2.05) is 0 Å². The van der Waals surface area contributed by atoms with Crippen LogP contribution < -0.4 is 0 Å². The molecule has 1 saturated carbocycles. The molecule has 0 amide bonds. The second kappa shape index (κ2) is 7.68. The van der Waals surface area contributed by atoms with Crippen molar-refractivity contribution in [1.82, 2.24) is 0 Å². The molecular formula is C20H14Br2O4. The van der Waals surface area contributed by atoms with Crippen LogP contribution in [0.15, 0.2) is 63.0 Å². The molecule has 2 aromatic carbocycles. The van der Waals surface area contributed by atoms with Gasteiger partial charge in [-0.05, 0) is 24.3 Å². The molecule has 1 aliphatic carbocycles. The quantitative estimate of drug-likeness (QED) is 0.294. The highest BCUT2D eigenvalue weighted by atomic mass is 79.9. The van der Waals surface area contributed by atoms with E-state index in [9.17, 15) is 19.5 Å². The monoisotopic (exact) mass is 476 g/mol. The van der Waals surface area contributed by atoms with Gasteiger partial charge in [-0.2, -0.15) is 0 Å². The Hall–Kier alpha value is -2.05. The molecule has 1 aliphatic rings. The van der Waals surface area contributed by atoms with E-state index in [4.69, 9.17) is 0 Å². The van der Waals surface area contributed by atoms with Gasteiger partial charge in [0.15, 0.2) is 17.3 Å². The van der Waals surface area contributed by atoms with Crippen LogP contribution in [0.5, 0.6) is 0 Å². The minimum Gasteiger partial charge on any atom is -0.506 e. The number of allylic oxidation sites excluding steroid dienone is 1. The Bertz CT molecular complexity index is 912. The van der Waals surface area contributed by atoms with E-state index in [0.29, 0.717) is 11.1 Å². The maximum absolute atomic E-state index is 12.6. The Morgan fingerprint density at radius 2 is 1.42 bits per heavy atom. The van der Waals surface area contributed by atoms with Gasteiger partial charge in [-0.1, -0.05) is 56.1 Å². The fourth-order valence-corrected chi connectivity index (χ4v) is 3.43. The van der Waals surface area contributed by atoms with Gasteiger partial charge >= 0.3 is 0 Å². The average Bonchev–Trinajstić information content (AvgIpc) is 2.89. The predicted octanol–water partition coefficient (Wildman–Crippen LogP) is 4.91. The molecule has 0 aliphatic heterocycles. The largest absolute Gasteiger partial charge is 0.506 e. The van der Waals surface area contributed by atoms with Gasteiger partial charge in [-0.15, -0.1) is 0 Å². The van der Waals surface area contributed by atoms with Gasteiger partial charge < -0.3 is 5.11 Å². The smallest absolute Gasteiger partial charge is 0.174 e. The van der Waals surface area contributed by atoms with E-state index in [1.165, 1.54) is 0 Å². The highest BCUT2D eigenvalue weighted by Gasteiger charge is 2.40. The molecule has 1 atom stereocenters. The third-order valence-corrected chi connectivity index (χ3v) is 5.34. The molecule has 6 heteroatoms. The number of ketones is 3. The van der Waals surface area contributed by atoms with Crippen molar-refractivity contribution in [2.24, 2.45) is 5.92 Å². The van der Waals surface area contributed by atoms with E-state index in [1.54, 1.807) is 48.5 Å². The Morgan fingerprint density at radius 1 is 0.923 bits per heavy atom. The summed E-state index contributed by atoms with van der Waals surface area (Å²) in [5.41, 5.74) is 0.675. The average molecular weight is 478 g/mol.